The Hall–Kier alpha value is -2.63. The van der Waals surface area contributed by atoms with Gasteiger partial charge in [-0.15, -0.1) is 0 Å². The summed E-state index contributed by atoms with van der Waals surface area (Å²) < 4.78 is 26.5. The number of halogens is 2. The molecule has 20 heavy (non-hydrogen) atoms. The molecule has 104 valence electrons. The van der Waals surface area contributed by atoms with E-state index in [-0.39, 0.29) is 11.4 Å². The third-order valence-electron chi connectivity index (χ3n) is 2.61. The van der Waals surface area contributed by atoms with Crippen molar-refractivity contribution >= 4 is 23.1 Å². The van der Waals surface area contributed by atoms with Crippen molar-refractivity contribution < 1.29 is 13.6 Å². The summed E-state index contributed by atoms with van der Waals surface area (Å²) in [5.41, 5.74) is 6.44. The molecule has 4 nitrogen and oxygen atoms in total. The molecule has 2 rings (SSSR count). The Labute approximate surface area is 114 Å². The van der Waals surface area contributed by atoms with Gasteiger partial charge < -0.3 is 16.4 Å². The van der Waals surface area contributed by atoms with Crippen LogP contribution in [-0.4, -0.2) is 6.03 Å². The fourth-order valence-electron chi connectivity index (χ4n) is 1.67. The minimum Gasteiger partial charge on any atom is -0.396 e. The molecule has 0 radical (unpaired) electrons. The van der Waals surface area contributed by atoms with Gasteiger partial charge in [0, 0.05) is 11.8 Å². The van der Waals surface area contributed by atoms with Crippen molar-refractivity contribution in [2.24, 2.45) is 0 Å². The van der Waals surface area contributed by atoms with Gasteiger partial charge in [-0.05, 0) is 30.7 Å². The predicted octanol–water partition coefficient (Wildman–Crippen LogP) is 3.50. The summed E-state index contributed by atoms with van der Waals surface area (Å²) in [6, 6.07) is 8.13. The average molecular weight is 277 g/mol. The van der Waals surface area contributed by atoms with Crippen molar-refractivity contribution in [2.75, 3.05) is 16.4 Å². The van der Waals surface area contributed by atoms with Crippen molar-refractivity contribution in [3.63, 3.8) is 0 Å². The number of aryl methyl sites for hydroxylation is 1. The number of urea groups is 1. The Balaban J connectivity index is 2.10. The highest BCUT2D eigenvalue weighted by Gasteiger charge is 2.10. The van der Waals surface area contributed by atoms with E-state index in [4.69, 9.17) is 5.73 Å². The normalized spacial score (nSPS) is 10.2. The molecule has 0 spiro atoms. The van der Waals surface area contributed by atoms with Crippen molar-refractivity contribution in [1.29, 1.82) is 0 Å². The summed E-state index contributed by atoms with van der Waals surface area (Å²) in [6.45, 7) is 1.88. The van der Waals surface area contributed by atoms with Crippen LogP contribution in [0.2, 0.25) is 0 Å². The number of carbonyl (C=O) groups is 1. The van der Waals surface area contributed by atoms with Gasteiger partial charge >= 0.3 is 6.03 Å². The number of amides is 2. The van der Waals surface area contributed by atoms with Crippen LogP contribution in [0.1, 0.15) is 5.56 Å². The minimum atomic E-state index is -0.893. The predicted molar refractivity (Wildman–Crippen MR) is 74.6 cm³/mol. The fourth-order valence-corrected chi connectivity index (χ4v) is 1.67. The average Bonchev–Trinajstić information content (AvgIpc) is 2.36. The number of benzene rings is 2. The second-order valence-electron chi connectivity index (χ2n) is 4.30. The van der Waals surface area contributed by atoms with E-state index < -0.39 is 17.7 Å². The van der Waals surface area contributed by atoms with Crippen LogP contribution in [0.15, 0.2) is 36.4 Å². The lowest BCUT2D eigenvalue weighted by atomic mass is 10.2. The maximum absolute atomic E-state index is 13.5. The van der Waals surface area contributed by atoms with Crippen molar-refractivity contribution in [3.8, 4) is 0 Å². The molecule has 2 aromatic rings. The van der Waals surface area contributed by atoms with E-state index in [1.807, 2.05) is 13.0 Å². The molecule has 2 amide bonds. The van der Waals surface area contributed by atoms with Crippen LogP contribution in [0.4, 0.5) is 30.6 Å². The van der Waals surface area contributed by atoms with E-state index >= 15 is 0 Å². The lowest BCUT2D eigenvalue weighted by Crippen LogP contribution is -2.20. The number of nitrogens with two attached hydrogens (primary N) is 1. The second-order valence-corrected chi connectivity index (χ2v) is 4.30. The number of nitrogens with one attached hydrogen (secondary N) is 2. The molecular formula is C14H13F2N3O. The Kier molecular flexibility index (Phi) is 3.84. The second kappa shape index (κ2) is 5.56. The molecule has 0 unspecified atom stereocenters. The zero-order valence-corrected chi connectivity index (χ0v) is 10.7. The lowest BCUT2D eigenvalue weighted by Gasteiger charge is -2.10. The first kappa shape index (κ1) is 13.8. The van der Waals surface area contributed by atoms with E-state index in [2.05, 4.69) is 10.6 Å². The molecule has 0 aliphatic rings. The SMILES string of the molecule is Cc1cccc(NC(=O)Nc2cc(N)c(F)cc2F)c1. The minimum absolute atomic E-state index is 0.186. The first-order valence-corrected chi connectivity index (χ1v) is 5.85. The van der Waals surface area contributed by atoms with Gasteiger partial charge in [0.2, 0.25) is 0 Å². The Morgan fingerprint density at radius 1 is 1.10 bits per heavy atom. The van der Waals surface area contributed by atoms with Crippen LogP contribution >= 0.6 is 0 Å². The van der Waals surface area contributed by atoms with Gasteiger partial charge in [-0.2, -0.15) is 0 Å². The number of nitrogen functional groups attached to an aromatic ring is 1. The van der Waals surface area contributed by atoms with Gasteiger partial charge in [-0.1, -0.05) is 12.1 Å². The summed E-state index contributed by atoms with van der Waals surface area (Å²) >= 11 is 0. The highest BCUT2D eigenvalue weighted by atomic mass is 19.1. The van der Waals surface area contributed by atoms with Crippen molar-refractivity contribution in [2.45, 2.75) is 6.92 Å². The largest absolute Gasteiger partial charge is 0.396 e. The molecule has 0 bridgehead atoms. The van der Waals surface area contributed by atoms with E-state index in [0.717, 1.165) is 11.6 Å². The Morgan fingerprint density at radius 3 is 2.55 bits per heavy atom. The Bertz CT molecular complexity index is 659. The van der Waals surface area contributed by atoms with Crippen LogP contribution in [-0.2, 0) is 0 Å². The summed E-state index contributed by atoms with van der Waals surface area (Å²) in [7, 11) is 0. The number of hydrogen-bond acceptors (Lipinski definition) is 2. The van der Waals surface area contributed by atoms with Gasteiger partial charge in [0.1, 0.15) is 11.6 Å². The smallest absolute Gasteiger partial charge is 0.323 e. The summed E-state index contributed by atoms with van der Waals surface area (Å²) in [5, 5.41) is 4.82. The molecule has 2 aromatic carbocycles. The summed E-state index contributed by atoms with van der Waals surface area (Å²) in [4.78, 5) is 11.7. The first-order valence-electron chi connectivity index (χ1n) is 5.85. The Morgan fingerprint density at radius 2 is 1.85 bits per heavy atom. The van der Waals surface area contributed by atoms with Gasteiger partial charge in [0.25, 0.3) is 0 Å². The molecule has 0 atom stereocenters. The highest BCUT2D eigenvalue weighted by molar-refractivity contribution is 6.00. The maximum atomic E-state index is 13.5. The molecule has 4 N–H and O–H groups in total. The first-order chi connectivity index (χ1) is 9.45. The van der Waals surface area contributed by atoms with Crippen LogP contribution in [0.3, 0.4) is 0 Å². The van der Waals surface area contributed by atoms with Gasteiger partial charge in [-0.25, -0.2) is 13.6 Å². The molecule has 0 aliphatic carbocycles. The quantitative estimate of drug-likeness (QED) is 0.735. The van der Waals surface area contributed by atoms with E-state index in [1.165, 1.54) is 0 Å². The molecule has 0 fully saturated rings. The molecule has 0 saturated heterocycles. The molecule has 0 saturated carbocycles. The van der Waals surface area contributed by atoms with Crippen molar-refractivity contribution in [1.82, 2.24) is 0 Å². The van der Waals surface area contributed by atoms with Crippen molar-refractivity contribution in [3.05, 3.63) is 53.6 Å². The van der Waals surface area contributed by atoms with E-state index in [0.29, 0.717) is 11.8 Å². The summed E-state index contributed by atoms with van der Waals surface area (Å²) in [5.74, 6) is -1.76. The molecular weight excluding hydrogens is 264 g/mol. The zero-order valence-electron chi connectivity index (χ0n) is 10.7. The molecule has 0 aromatic heterocycles. The molecule has 6 heteroatoms. The summed E-state index contributed by atoms with van der Waals surface area (Å²) in [6.07, 6.45) is 0. The van der Waals surface area contributed by atoms with Crippen LogP contribution < -0.4 is 16.4 Å². The number of rotatable bonds is 2. The molecule has 0 aliphatic heterocycles. The van der Waals surface area contributed by atoms with Gasteiger partial charge in [0.05, 0.1) is 11.4 Å². The molecule has 0 heterocycles. The van der Waals surface area contributed by atoms with E-state index in [9.17, 15) is 13.6 Å². The van der Waals surface area contributed by atoms with Crippen LogP contribution in [0, 0.1) is 18.6 Å². The number of hydrogen-bond donors (Lipinski definition) is 3. The lowest BCUT2D eigenvalue weighted by molar-refractivity contribution is 0.262. The zero-order chi connectivity index (χ0) is 14.7. The third-order valence-corrected chi connectivity index (χ3v) is 2.61. The third kappa shape index (κ3) is 3.23. The van der Waals surface area contributed by atoms with Gasteiger partial charge in [-0.3, -0.25) is 0 Å². The van der Waals surface area contributed by atoms with E-state index in [1.54, 1.807) is 18.2 Å². The van der Waals surface area contributed by atoms with Crippen LogP contribution in [0.5, 0.6) is 0 Å². The number of carbonyl (C=O) groups excluding carboxylic acids is 1. The monoisotopic (exact) mass is 277 g/mol. The highest BCUT2D eigenvalue weighted by Crippen LogP contribution is 2.21. The topological polar surface area (TPSA) is 67.2 Å². The fraction of sp³-hybridized carbons (Fsp3) is 0.0714. The standard InChI is InChI=1S/C14H13F2N3O/c1-8-3-2-4-9(5-8)18-14(20)19-13-7-12(17)10(15)6-11(13)16/h2-7H,17H2,1H3,(H2,18,19,20). The van der Waals surface area contributed by atoms with Crippen LogP contribution in [0.25, 0.3) is 0 Å². The number of anilines is 3. The maximum Gasteiger partial charge on any atom is 0.323 e. The van der Waals surface area contributed by atoms with Gasteiger partial charge in [0.15, 0.2) is 0 Å².